The Balaban J connectivity index is 1.75. The highest BCUT2D eigenvalue weighted by Gasteiger charge is 2.28. The number of H-pyrrole nitrogens is 1. The van der Waals surface area contributed by atoms with E-state index in [0.717, 1.165) is 28.0 Å². The summed E-state index contributed by atoms with van der Waals surface area (Å²) in [5.74, 6) is 0.377. The van der Waals surface area contributed by atoms with Gasteiger partial charge in [0.05, 0.1) is 45.8 Å². The Labute approximate surface area is 177 Å². The smallest absolute Gasteiger partial charge is 0.255 e. The van der Waals surface area contributed by atoms with Crippen molar-refractivity contribution in [1.82, 2.24) is 20.3 Å². The Hall–Kier alpha value is -3.58. The van der Waals surface area contributed by atoms with Crippen LogP contribution in [0.5, 0.6) is 5.75 Å². The van der Waals surface area contributed by atoms with Gasteiger partial charge in [0.15, 0.2) is 5.75 Å². The molecule has 0 atom stereocenters. The number of hydrogen-bond donors (Lipinski definition) is 3. The Bertz CT molecular complexity index is 1280. The quantitative estimate of drug-likeness (QED) is 0.458. The van der Waals surface area contributed by atoms with Crippen molar-refractivity contribution in [1.29, 1.82) is 0 Å². The number of halogens is 1. The van der Waals surface area contributed by atoms with Gasteiger partial charge in [-0.15, -0.1) is 0 Å². The number of aromatic amines is 1. The predicted molar refractivity (Wildman–Crippen MR) is 117 cm³/mol. The summed E-state index contributed by atoms with van der Waals surface area (Å²) in [4.78, 5) is 25.1. The van der Waals surface area contributed by atoms with Crippen molar-refractivity contribution in [3.05, 3.63) is 65.1 Å². The van der Waals surface area contributed by atoms with E-state index in [1.165, 1.54) is 0 Å². The fourth-order valence-corrected chi connectivity index (χ4v) is 4.09. The van der Waals surface area contributed by atoms with Crippen LogP contribution in [0.1, 0.15) is 16.1 Å². The predicted octanol–water partition coefficient (Wildman–Crippen LogP) is 4.32. The first-order valence-electron chi connectivity index (χ1n) is 9.50. The van der Waals surface area contributed by atoms with Gasteiger partial charge in [-0.25, -0.2) is 0 Å². The molecule has 1 aromatic carbocycles. The molecule has 8 heteroatoms. The monoisotopic (exact) mass is 419 g/mol. The molecule has 0 saturated heterocycles. The summed E-state index contributed by atoms with van der Waals surface area (Å²) in [6, 6.07) is 11.1. The first-order valence-corrected chi connectivity index (χ1v) is 9.88. The molecule has 4 aromatic rings. The number of methoxy groups -OCH3 is 1. The van der Waals surface area contributed by atoms with Crippen LogP contribution < -0.4 is 15.4 Å². The number of carbonyl (C=O) groups is 1. The van der Waals surface area contributed by atoms with Crippen LogP contribution in [0, 0.1) is 0 Å². The topological polar surface area (TPSA) is 91.9 Å². The molecule has 4 heterocycles. The van der Waals surface area contributed by atoms with Gasteiger partial charge in [-0.3, -0.25) is 14.8 Å². The third-order valence-corrected chi connectivity index (χ3v) is 5.46. The van der Waals surface area contributed by atoms with E-state index in [4.69, 9.17) is 16.3 Å². The molecule has 0 fully saturated rings. The zero-order valence-electron chi connectivity index (χ0n) is 16.1. The molecule has 0 saturated carbocycles. The molecule has 0 bridgehead atoms. The van der Waals surface area contributed by atoms with E-state index in [0.29, 0.717) is 40.7 Å². The van der Waals surface area contributed by atoms with E-state index in [1.54, 1.807) is 25.6 Å². The van der Waals surface area contributed by atoms with Crippen molar-refractivity contribution >= 4 is 39.9 Å². The molecule has 30 heavy (non-hydrogen) atoms. The lowest BCUT2D eigenvalue weighted by molar-refractivity contribution is 0.0947. The first-order chi connectivity index (χ1) is 14.7. The summed E-state index contributed by atoms with van der Waals surface area (Å²) in [5, 5.41) is 6.79. The fraction of sp³-hybridized carbons (Fsp3) is 0.136. The van der Waals surface area contributed by atoms with Crippen molar-refractivity contribution in [2.24, 2.45) is 0 Å². The Morgan fingerprint density at radius 1 is 1.13 bits per heavy atom. The molecule has 0 spiro atoms. The normalized spacial score (nSPS) is 13.1. The molecule has 3 aromatic heterocycles. The van der Waals surface area contributed by atoms with Gasteiger partial charge in [0.25, 0.3) is 5.91 Å². The molecule has 0 radical (unpaired) electrons. The molecule has 5 rings (SSSR count). The van der Waals surface area contributed by atoms with Crippen LogP contribution in [0.15, 0.2) is 48.8 Å². The third kappa shape index (κ3) is 2.95. The number of hydrogen-bond acceptors (Lipinski definition) is 5. The van der Waals surface area contributed by atoms with Gasteiger partial charge >= 0.3 is 0 Å². The summed E-state index contributed by atoms with van der Waals surface area (Å²) < 4.78 is 5.48. The summed E-state index contributed by atoms with van der Waals surface area (Å²) in [7, 11) is 1.56. The standard InChI is InChI=1S/C22H18ClN5O2/c1-30-21-13(23)4-2-5-16(21)28-20-17-14(8-11-26-22(17)29)27-19(20)12-7-10-24-15-6-3-9-25-18(12)15/h2-7,9-10,27-28H,8,11H2,1H3,(H,26,29). The van der Waals surface area contributed by atoms with Gasteiger partial charge in [0.1, 0.15) is 0 Å². The van der Waals surface area contributed by atoms with E-state index in [1.807, 2.05) is 30.3 Å². The van der Waals surface area contributed by atoms with Crippen molar-refractivity contribution in [3.63, 3.8) is 0 Å². The average molecular weight is 420 g/mol. The molecule has 0 unspecified atom stereocenters. The largest absolute Gasteiger partial charge is 0.493 e. The number of nitrogens with zero attached hydrogens (tertiary/aromatic N) is 2. The number of ether oxygens (including phenoxy) is 1. The Morgan fingerprint density at radius 3 is 2.90 bits per heavy atom. The van der Waals surface area contributed by atoms with Gasteiger partial charge in [0.2, 0.25) is 0 Å². The second-order valence-corrected chi connectivity index (χ2v) is 7.32. The van der Waals surface area contributed by atoms with Crippen molar-refractivity contribution < 1.29 is 9.53 Å². The van der Waals surface area contributed by atoms with Crippen LogP contribution in [-0.4, -0.2) is 34.5 Å². The van der Waals surface area contributed by atoms with Gasteiger partial charge < -0.3 is 20.4 Å². The van der Waals surface area contributed by atoms with Crippen molar-refractivity contribution in [2.75, 3.05) is 19.0 Å². The second-order valence-electron chi connectivity index (χ2n) is 6.91. The lowest BCUT2D eigenvalue weighted by Gasteiger charge is -2.17. The van der Waals surface area contributed by atoms with Crippen molar-refractivity contribution in [3.8, 4) is 17.0 Å². The van der Waals surface area contributed by atoms with E-state index >= 15 is 0 Å². The average Bonchev–Trinajstić information content (AvgIpc) is 3.13. The SMILES string of the molecule is COc1c(Cl)cccc1Nc1c(-c2ccnc3cccnc23)[nH]c2c1C(=O)NCC2. The molecule has 150 valence electrons. The molecule has 1 aliphatic rings. The number of para-hydroxylation sites is 1. The van der Waals surface area contributed by atoms with E-state index < -0.39 is 0 Å². The first kappa shape index (κ1) is 18.4. The fourth-order valence-electron chi connectivity index (χ4n) is 3.84. The van der Waals surface area contributed by atoms with Crippen LogP contribution in [0.3, 0.4) is 0 Å². The number of benzene rings is 1. The number of pyridine rings is 2. The van der Waals surface area contributed by atoms with Crippen molar-refractivity contribution in [2.45, 2.75) is 6.42 Å². The molecule has 7 nitrogen and oxygen atoms in total. The highest BCUT2D eigenvalue weighted by Crippen LogP contribution is 2.41. The number of fused-ring (bicyclic) bond motifs is 2. The number of amides is 1. The van der Waals surface area contributed by atoms with Gasteiger partial charge in [-0.05, 0) is 30.3 Å². The zero-order chi connectivity index (χ0) is 20.7. The van der Waals surface area contributed by atoms with Crippen LogP contribution in [0.25, 0.3) is 22.3 Å². The molecular weight excluding hydrogens is 402 g/mol. The number of carbonyl (C=O) groups excluding carboxylic acids is 1. The second kappa shape index (κ2) is 7.35. The van der Waals surface area contributed by atoms with E-state index in [2.05, 4.69) is 25.6 Å². The third-order valence-electron chi connectivity index (χ3n) is 5.16. The van der Waals surface area contributed by atoms with Crippen LogP contribution >= 0.6 is 11.6 Å². The van der Waals surface area contributed by atoms with Gasteiger partial charge in [-0.1, -0.05) is 17.7 Å². The molecule has 1 amide bonds. The molecular formula is C22H18ClN5O2. The minimum Gasteiger partial charge on any atom is -0.493 e. The number of anilines is 2. The summed E-state index contributed by atoms with van der Waals surface area (Å²) >= 11 is 6.31. The zero-order valence-corrected chi connectivity index (χ0v) is 16.9. The Morgan fingerprint density at radius 2 is 2.03 bits per heavy atom. The summed E-state index contributed by atoms with van der Waals surface area (Å²) in [6.07, 6.45) is 4.18. The van der Waals surface area contributed by atoms with Crippen LogP contribution in [0.2, 0.25) is 5.02 Å². The van der Waals surface area contributed by atoms with Gasteiger partial charge in [0, 0.05) is 36.6 Å². The highest BCUT2D eigenvalue weighted by atomic mass is 35.5. The number of nitrogens with one attached hydrogen (secondary N) is 3. The maximum atomic E-state index is 12.8. The maximum Gasteiger partial charge on any atom is 0.255 e. The van der Waals surface area contributed by atoms with E-state index in [9.17, 15) is 4.79 Å². The number of aromatic nitrogens is 3. The summed E-state index contributed by atoms with van der Waals surface area (Å²) in [5.41, 5.74) is 5.92. The molecule has 0 aliphatic carbocycles. The lowest BCUT2D eigenvalue weighted by atomic mass is 10.0. The number of rotatable bonds is 4. The minimum atomic E-state index is -0.131. The molecule has 3 N–H and O–H groups in total. The highest BCUT2D eigenvalue weighted by molar-refractivity contribution is 6.32. The van der Waals surface area contributed by atoms with Crippen LogP contribution in [0.4, 0.5) is 11.4 Å². The molecule has 1 aliphatic heterocycles. The minimum absolute atomic E-state index is 0.131. The van der Waals surface area contributed by atoms with Crippen LogP contribution in [-0.2, 0) is 6.42 Å². The Kier molecular flexibility index (Phi) is 4.52. The summed E-state index contributed by atoms with van der Waals surface area (Å²) in [6.45, 7) is 0.584. The van der Waals surface area contributed by atoms with Gasteiger partial charge in [-0.2, -0.15) is 0 Å². The maximum absolute atomic E-state index is 12.8. The van der Waals surface area contributed by atoms with E-state index in [-0.39, 0.29) is 5.91 Å². The lowest BCUT2D eigenvalue weighted by Crippen LogP contribution is -2.31.